The first-order valence-corrected chi connectivity index (χ1v) is 7.38. The average molecular weight is 288 g/mol. The van der Waals surface area contributed by atoms with Crippen molar-refractivity contribution < 1.29 is 4.74 Å². The summed E-state index contributed by atoms with van der Waals surface area (Å²) in [5, 5.41) is 8.10. The Labute approximate surface area is 126 Å². The maximum absolute atomic E-state index is 5.31. The van der Waals surface area contributed by atoms with Gasteiger partial charge in [0, 0.05) is 29.6 Å². The molecule has 0 aliphatic heterocycles. The maximum atomic E-state index is 5.31. The fourth-order valence-electron chi connectivity index (χ4n) is 2.42. The minimum Gasteiger partial charge on any atom is -0.481 e. The zero-order valence-electron chi connectivity index (χ0n) is 13.3. The number of methoxy groups -OCH3 is 1. The van der Waals surface area contributed by atoms with E-state index in [-0.39, 0.29) is 0 Å². The third-order valence-electron chi connectivity index (χ3n) is 3.62. The van der Waals surface area contributed by atoms with E-state index in [1.165, 1.54) is 11.3 Å². The highest BCUT2D eigenvalue weighted by atomic mass is 16.5. The molecule has 2 heterocycles. The van der Waals surface area contributed by atoms with E-state index < -0.39 is 0 Å². The quantitative estimate of drug-likeness (QED) is 0.795. The van der Waals surface area contributed by atoms with Gasteiger partial charge in [0.2, 0.25) is 5.88 Å². The summed E-state index contributed by atoms with van der Waals surface area (Å²) in [7, 11) is 1.65. The van der Waals surface area contributed by atoms with Crippen molar-refractivity contribution in [3.63, 3.8) is 0 Å². The van der Waals surface area contributed by atoms with Crippen molar-refractivity contribution >= 4 is 0 Å². The van der Waals surface area contributed by atoms with E-state index in [0.717, 1.165) is 30.8 Å². The standard InChI is InChI=1S/C16H24N4O/c1-5-8-17-10-15-12(2)19-20(13(15)3)11-14-7-6-9-18-16(14)21-4/h6-7,9,17H,5,8,10-11H2,1-4H3. The van der Waals surface area contributed by atoms with Crippen molar-refractivity contribution in [1.82, 2.24) is 20.1 Å². The number of aryl methyl sites for hydroxylation is 1. The molecule has 114 valence electrons. The number of rotatable bonds is 7. The molecule has 2 aromatic heterocycles. The lowest BCUT2D eigenvalue weighted by molar-refractivity contribution is 0.390. The molecule has 0 amide bonds. The molecule has 0 atom stereocenters. The molecule has 21 heavy (non-hydrogen) atoms. The molecule has 2 aromatic rings. The van der Waals surface area contributed by atoms with E-state index in [4.69, 9.17) is 4.74 Å². The molecule has 0 saturated heterocycles. The summed E-state index contributed by atoms with van der Waals surface area (Å²) in [5.41, 5.74) is 4.60. The van der Waals surface area contributed by atoms with Gasteiger partial charge < -0.3 is 10.1 Å². The summed E-state index contributed by atoms with van der Waals surface area (Å²) >= 11 is 0. The minimum absolute atomic E-state index is 0.663. The van der Waals surface area contributed by atoms with E-state index in [1.54, 1.807) is 13.3 Å². The number of hydrogen-bond donors (Lipinski definition) is 1. The largest absolute Gasteiger partial charge is 0.481 e. The maximum Gasteiger partial charge on any atom is 0.218 e. The van der Waals surface area contributed by atoms with Crippen LogP contribution >= 0.6 is 0 Å². The number of aromatic nitrogens is 3. The highest BCUT2D eigenvalue weighted by molar-refractivity contribution is 5.29. The Morgan fingerprint density at radius 1 is 1.33 bits per heavy atom. The van der Waals surface area contributed by atoms with Crippen LogP contribution in [-0.2, 0) is 13.1 Å². The van der Waals surface area contributed by atoms with Crippen molar-refractivity contribution in [1.29, 1.82) is 0 Å². The molecule has 2 rings (SSSR count). The Balaban J connectivity index is 2.19. The van der Waals surface area contributed by atoms with Gasteiger partial charge in [-0.1, -0.05) is 13.0 Å². The first-order chi connectivity index (χ1) is 10.2. The molecule has 5 heteroatoms. The summed E-state index contributed by atoms with van der Waals surface area (Å²) in [6, 6.07) is 3.95. The van der Waals surface area contributed by atoms with Gasteiger partial charge in [0.25, 0.3) is 0 Å². The van der Waals surface area contributed by atoms with Crippen LogP contribution in [-0.4, -0.2) is 28.4 Å². The SMILES string of the molecule is CCCNCc1c(C)nn(Cc2cccnc2OC)c1C. The normalized spacial score (nSPS) is 10.9. The highest BCUT2D eigenvalue weighted by Crippen LogP contribution is 2.18. The molecule has 0 radical (unpaired) electrons. The van der Waals surface area contributed by atoms with Gasteiger partial charge in [0.1, 0.15) is 0 Å². The number of nitrogens with zero attached hydrogens (tertiary/aromatic N) is 3. The van der Waals surface area contributed by atoms with Crippen molar-refractivity contribution in [2.75, 3.05) is 13.7 Å². The van der Waals surface area contributed by atoms with Gasteiger partial charge in [-0.3, -0.25) is 4.68 Å². The summed E-state index contributed by atoms with van der Waals surface area (Å²) in [6.45, 7) is 8.93. The highest BCUT2D eigenvalue weighted by Gasteiger charge is 2.13. The second-order valence-electron chi connectivity index (χ2n) is 5.16. The zero-order valence-corrected chi connectivity index (χ0v) is 13.3. The number of ether oxygens (including phenoxy) is 1. The van der Waals surface area contributed by atoms with E-state index in [1.807, 2.05) is 16.8 Å². The van der Waals surface area contributed by atoms with Crippen LogP contribution in [0.4, 0.5) is 0 Å². The molecule has 0 unspecified atom stereocenters. The molecule has 0 aliphatic carbocycles. The van der Waals surface area contributed by atoms with Crippen molar-refractivity contribution in [2.45, 2.75) is 40.3 Å². The summed E-state index contributed by atoms with van der Waals surface area (Å²) in [5.74, 6) is 0.663. The predicted molar refractivity (Wildman–Crippen MR) is 83.6 cm³/mol. The molecule has 0 bridgehead atoms. The van der Waals surface area contributed by atoms with Gasteiger partial charge in [-0.15, -0.1) is 0 Å². The van der Waals surface area contributed by atoms with Crippen molar-refractivity contribution in [3.05, 3.63) is 40.8 Å². The summed E-state index contributed by atoms with van der Waals surface area (Å²) < 4.78 is 7.33. The van der Waals surface area contributed by atoms with Crippen LogP contribution in [0.2, 0.25) is 0 Å². The van der Waals surface area contributed by atoms with Gasteiger partial charge in [-0.05, 0) is 32.9 Å². The first-order valence-electron chi connectivity index (χ1n) is 7.38. The Bertz CT molecular complexity index is 592. The zero-order chi connectivity index (χ0) is 15.2. The molecule has 0 spiro atoms. The average Bonchev–Trinajstić information content (AvgIpc) is 2.75. The van der Waals surface area contributed by atoms with E-state index >= 15 is 0 Å². The minimum atomic E-state index is 0.663. The Morgan fingerprint density at radius 3 is 2.86 bits per heavy atom. The summed E-state index contributed by atoms with van der Waals surface area (Å²) in [4.78, 5) is 4.24. The lowest BCUT2D eigenvalue weighted by Crippen LogP contribution is -2.15. The second-order valence-corrected chi connectivity index (χ2v) is 5.16. The Morgan fingerprint density at radius 2 is 2.14 bits per heavy atom. The molecular weight excluding hydrogens is 264 g/mol. The van der Waals surface area contributed by atoms with Gasteiger partial charge in [-0.2, -0.15) is 5.10 Å². The number of hydrogen-bond acceptors (Lipinski definition) is 4. The van der Waals surface area contributed by atoms with Crippen LogP contribution in [0.1, 0.15) is 35.9 Å². The lowest BCUT2D eigenvalue weighted by Gasteiger charge is -2.09. The van der Waals surface area contributed by atoms with Crippen LogP contribution < -0.4 is 10.1 Å². The van der Waals surface area contributed by atoms with Crippen molar-refractivity contribution in [2.24, 2.45) is 0 Å². The fourth-order valence-corrected chi connectivity index (χ4v) is 2.42. The molecule has 0 saturated carbocycles. The second kappa shape index (κ2) is 7.22. The van der Waals surface area contributed by atoms with Gasteiger partial charge >= 0.3 is 0 Å². The predicted octanol–water partition coefficient (Wildman–Crippen LogP) is 2.45. The number of nitrogens with one attached hydrogen (secondary N) is 1. The Kier molecular flexibility index (Phi) is 5.33. The van der Waals surface area contributed by atoms with E-state index in [0.29, 0.717) is 12.4 Å². The molecule has 1 N–H and O–H groups in total. The Hall–Kier alpha value is -1.88. The monoisotopic (exact) mass is 288 g/mol. The smallest absolute Gasteiger partial charge is 0.218 e. The lowest BCUT2D eigenvalue weighted by atomic mass is 10.2. The molecular formula is C16H24N4O. The van der Waals surface area contributed by atoms with Crippen molar-refractivity contribution in [3.8, 4) is 5.88 Å². The van der Waals surface area contributed by atoms with E-state index in [2.05, 4.69) is 36.2 Å². The molecule has 5 nitrogen and oxygen atoms in total. The third-order valence-corrected chi connectivity index (χ3v) is 3.62. The summed E-state index contributed by atoms with van der Waals surface area (Å²) in [6.07, 6.45) is 2.88. The fraction of sp³-hybridized carbons (Fsp3) is 0.500. The number of pyridine rings is 1. The third kappa shape index (κ3) is 3.61. The van der Waals surface area contributed by atoms with E-state index in [9.17, 15) is 0 Å². The topological polar surface area (TPSA) is 52.0 Å². The van der Waals surface area contributed by atoms with Gasteiger partial charge in [0.15, 0.2) is 0 Å². The first kappa shape index (κ1) is 15.5. The van der Waals surface area contributed by atoms with Crippen LogP contribution in [0.15, 0.2) is 18.3 Å². The molecule has 0 aliphatic rings. The van der Waals surface area contributed by atoms with Crippen LogP contribution in [0, 0.1) is 13.8 Å². The van der Waals surface area contributed by atoms with Crippen LogP contribution in [0.3, 0.4) is 0 Å². The van der Waals surface area contributed by atoms with Crippen LogP contribution in [0.25, 0.3) is 0 Å². The van der Waals surface area contributed by atoms with Crippen LogP contribution in [0.5, 0.6) is 5.88 Å². The molecule has 0 aromatic carbocycles. The van der Waals surface area contributed by atoms with Gasteiger partial charge in [-0.25, -0.2) is 4.98 Å². The van der Waals surface area contributed by atoms with Gasteiger partial charge in [0.05, 0.1) is 19.3 Å². The molecule has 0 fully saturated rings.